The number of carbonyl (C=O) groups is 4. The largest absolute Gasteiger partial charge is 0.472 e. The highest BCUT2D eigenvalue weighted by molar-refractivity contribution is 5.97. The van der Waals surface area contributed by atoms with Crippen molar-refractivity contribution in [2.45, 2.75) is 70.1 Å². The van der Waals surface area contributed by atoms with E-state index >= 15 is 0 Å². The Hall–Kier alpha value is -2.98. The highest BCUT2D eigenvalue weighted by Crippen LogP contribution is 2.79. The minimum absolute atomic E-state index is 0.0639. The number of fused-ring (bicyclic) bond motifs is 3. The zero-order valence-corrected chi connectivity index (χ0v) is 21.3. The second-order valence-electron chi connectivity index (χ2n) is 11.9. The minimum atomic E-state index is -1.53. The van der Waals surface area contributed by atoms with Crippen LogP contribution in [0.25, 0.3) is 0 Å². The molecule has 5 fully saturated rings. The number of rotatable bonds is 3. The van der Waals surface area contributed by atoms with Gasteiger partial charge in [-0.3, -0.25) is 9.59 Å². The van der Waals surface area contributed by atoms with Crippen LogP contribution in [-0.4, -0.2) is 59.3 Å². The van der Waals surface area contributed by atoms with Gasteiger partial charge >= 0.3 is 17.9 Å². The van der Waals surface area contributed by atoms with Gasteiger partial charge in [0.05, 0.1) is 36.6 Å². The molecule has 5 aliphatic rings. The number of ether oxygens (including phenoxy) is 4. The third-order valence-corrected chi connectivity index (χ3v) is 10.1. The molecule has 1 aromatic rings. The standard InChI is InChI=1S/C27H30O10/c1-23(2)15-10-16(29)25(4)18(26(15,22(32)37-23)8-6-17(30)33-5)14(28)11-24(3)19(13-7-9-34-12-13)35-21(31)20-27(24,25)36-20/h6-9,12,14-15,18-20,28H,10-11H2,1-5H3/b8-6+/t14-,15+,18-,19+,20-,24+,25-,26-,27-/m1/s1. The molecular formula is C27H30O10. The third-order valence-electron chi connectivity index (χ3n) is 10.1. The van der Waals surface area contributed by atoms with E-state index in [1.165, 1.54) is 25.7 Å². The fourth-order valence-corrected chi connectivity index (χ4v) is 8.59. The van der Waals surface area contributed by atoms with Crippen molar-refractivity contribution in [2.75, 3.05) is 7.11 Å². The quantitative estimate of drug-likeness (QED) is 0.276. The third kappa shape index (κ3) is 2.58. The van der Waals surface area contributed by atoms with Gasteiger partial charge < -0.3 is 28.5 Å². The molecule has 4 heterocycles. The van der Waals surface area contributed by atoms with E-state index in [1.807, 2.05) is 6.92 Å². The lowest BCUT2D eigenvalue weighted by atomic mass is 9.37. The van der Waals surface area contributed by atoms with Gasteiger partial charge in [-0.05, 0) is 33.3 Å². The van der Waals surface area contributed by atoms with Crippen molar-refractivity contribution in [2.24, 2.45) is 28.1 Å². The molecule has 3 saturated heterocycles. The number of hydrogen-bond acceptors (Lipinski definition) is 10. The molecule has 1 aromatic heterocycles. The SMILES string of the molecule is COC(=O)/C=C/[C@@]12C(=O)OC(C)(C)[C@@H]1CC(=O)[C@]1(C)[C@H]2[C@H](O)C[C@@]2(C)[C@H](c3ccoc3)OC(=O)[C@H]3O[C@]321. The summed E-state index contributed by atoms with van der Waals surface area (Å²) in [7, 11) is 1.22. The van der Waals surface area contributed by atoms with Crippen molar-refractivity contribution in [3.63, 3.8) is 0 Å². The number of methoxy groups -OCH3 is 1. The molecule has 1 spiro atoms. The Labute approximate surface area is 213 Å². The van der Waals surface area contributed by atoms with Crippen LogP contribution in [0.2, 0.25) is 0 Å². The van der Waals surface area contributed by atoms with Crippen LogP contribution in [0.15, 0.2) is 35.2 Å². The van der Waals surface area contributed by atoms with Gasteiger partial charge in [0, 0.05) is 35.3 Å². The van der Waals surface area contributed by atoms with Crippen LogP contribution < -0.4 is 0 Å². The van der Waals surface area contributed by atoms with Gasteiger partial charge in [0.1, 0.15) is 23.1 Å². The fraction of sp³-hybridized carbons (Fsp3) is 0.630. The van der Waals surface area contributed by atoms with Crippen molar-refractivity contribution in [1.29, 1.82) is 0 Å². The van der Waals surface area contributed by atoms with Gasteiger partial charge in [0.25, 0.3) is 0 Å². The van der Waals surface area contributed by atoms with Crippen molar-refractivity contribution < 1.29 is 47.6 Å². The molecule has 1 N–H and O–H groups in total. The topological polar surface area (TPSA) is 142 Å². The van der Waals surface area contributed by atoms with Gasteiger partial charge in [-0.1, -0.05) is 13.0 Å². The normalized spacial score (nSPS) is 47.3. The minimum Gasteiger partial charge on any atom is -0.472 e. The van der Waals surface area contributed by atoms with E-state index in [0.717, 1.165) is 6.08 Å². The molecule has 2 aliphatic carbocycles. The van der Waals surface area contributed by atoms with Crippen molar-refractivity contribution in [3.8, 4) is 0 Å². The molecule has 37 heavy (non-hydrogen) atoms. The molecular weight excluding hydrogens is 484 g/mol. The van der Waals surface area contributed by atoms with Gasteiger partial charge in [-0.15, -0.1) is 0 Å². The van der Waals surface area contributed by atoms with Crippen LogP contribution in [0.5, 0.6) is 0 Å². The van der Waals surface area contributed by atoms with Gasteiger partial charge in [0.15, 0.2) is 6.10 Å². The molecule has 9 atom stereocenters. The smallest absolute Gasteiger partial charge is 0.339 e. The number of esters is 3. The molecule has 0 radical (unpaired) electrons. The molecule has 10 nitrogen and oxygen atoms in total. The molecule has 0 unspecified atom stereocenters. The first-order chi connectivity index (χ1) is 17.3. The summed E-state index contributed by atoms with van der Waals surface area (Å²) in [5.74, 6) is -3.85. The van der Waals surface area contributed by atoms with Gasteiger partial charge in [-0.25, -0.2) is 9.59 Å². The number of carbonyl (C=O) groups excluding carboxylic acids is 4. The molecule has 0 aromatic carbocycles. The number of ketones is 1. The van der Waals surface area contributed by atoms with Crippen LogP contribution in [0.4, 0.5) is 0 Å². The predicted octanol–water partition coefficient (Wildman–Crippen LogP) is 2.05. The van der Waals surface area contributed by atoms with Crippen LogP contribution >= 0.6 is 0 Å². The molecule has 10 heteroatoms. The van der Waals surface area contributed by atoms with Crippen molar-refractivity contribution in [3.05, 3.63) is 36.3 Å². The lowest BCUT2D eigenvalue weighted by Gasteiger charge is -2.64. The fourth-order valence-electron chi connectivity index (χ4n) is 8.59. The number of aliphatic hydroxyl groups is 1. The summed E-state index contributed by atoms with van der Waals surface area (Å²) < 4.78 is 27.9. The molecule has 0 bridgehead atoms. The van der Waals surface area contributed by atoms with E-state index in [0.29, 0.717) is 5.56 Å². The molecule has 198 valence electrons. The second-order valence-corrected chi connectivity index (χ2v) is 11.9. The monoisotopic (exact) mass is 514 g/mol. The maximum Gasteiger partial charge on any atom is 0.339 e. The number of hydrogen-bond donors (Lipinski definition) is 1. The van der Waals surface area contributed by atoms with Gasteiger partial charge in [0.2, 0.25) is 0 Å². The first-order valence-corrected chi connectivity index (χ1v) is 12.4. The Morgan fingerprint density at radius 2 is 1.89 bits per heavy atom. The summed E-state index contributed by atoms with van der Waals surface area (Å²) in [5, 5.41) is 11.9. The first-order valence-electron chi connectivity index (χ1n) is 12.4. The summed E-state index contributed by atoms with van der Waals surface area (Å²) in [6, 6.07) is 1.68. The Kier molecular flexibility index (Phi) is 4.68. The maximum atomic E-state index is 14.3. The number of Topliss-reactive ketones (excluding diaryl/α,β-unsaturated/α-hetero) is 1. The van der Waals surface area contributed by atoms with E-state index in [-0.39, 0.29) is 18.6 Å². The highest BCUT2D eigenvalue weighted by Gasteiger charge is 2.91. The second kappa shape index (κ2) is 7.11. The zero-order valence-electron chi connectivity index (χ0n) is 21.3. The number of furan rings is 1. The van der Waals surface area contributed by atoms with Crippen LogP contribution in [0.3, 0.4) is 0 Å². The van der Waals surface area contributed by atoms with E-state index < -0.39 is 75.5 Å². The Morgan fingerprint density at radius 1 is 1.16 bits per heavy atom. The summed E-state index contributed by atoms with van der Waals surface area (Å²) in [6.07, 6.45) is 2.43. The highest BCUT2D eigenvalue weighted by atomic mass is 16.7. The first kappa shape index (κ1) is 24.4. The van der Waals surface area contributed by atoms with E-state index in [9.17, 15) is 24.3 Å². The Balaban J connectivity index is 1.58. The van der Waals surface area contributed by atoms with Crippen LogP contribution in [0.1, 0.15) is 52.2 Å². The average Bonchev–Trinajstić information content (AvgIpc) is 3.34. The van der Waals surface area contributed by atoms with E-state index in [1.54, 1.807) is 26.8 Å². The average molecular weight is 515 g/mol. The summed E-state index contributed by atoms with van der Waals surface area (Å²) in [5.41, 5.74) is -5.83. The lowest BCUT2D eigenvalue weighted by molar-refractivity contribution is -0.229. The summed E-state index contributed by atoms with van der Waals surface area (Å²) >= 11 is 0. The zero-order chi connectivity index (χ0) is 26.8. The summed E-state index contributed by atoms with van der Waals surface area (Å²) in [6.45, 7) is 6.96. The molecule has 6 rings (SSSR count). The predicted molar refractivity (Wildman–Crippen MR) is 122 cm³/mol. The molecule has 2 saturated carbocycles. The maximum absolute atomic E-state index is 14.3. The Morgan fingerprint density at radius 3 is 2.54 bits per heavy atom. The van der Waals surface area contributed by atoms with Gasteiger partial charge in [-0.2, -0.15) is 0 Å². The number of epoxide rings is 1. The van der Waals surface area contributed by atoms with Crippen molar-refractivity contribution >= 4 is 23.7 Å². The Bertz CT molecular complexity index is 1250. The molecule has 0 amide bonds. The number of cyclic esters (lactones) is 2. The van der Waals surface area contributed by atoms with Crippen LogP contribution in [-0.2, 0) is 38.1 Å². The van der Waals surface area contributed by atoms with Crippen molar-refractivity contribution in [1.82, 2.24) is 0 Å². The van der Waals surface area contributed by atoms with Crippen LogP contribution in [0, 0.1) is 28.1 Å². The van der Waals surface area contributed by atoms with E-state index in [2.05, 4.69) is 0 Å². The summed E-state index contributed by atoms with van der Waals surface area (Å²) in [4.78, 5) is 53.4. The molecule has 3 aliphatic heterocycles. The van der Waals surface area contributed by atoms with E-state index in [4.69, 9.17) is 23.4 Å². The lowest BCUT2D eigenvalue weighted by Crippen LogP contribution is -2.74. The number of aliphatic hydroxyl groups excluding tert-OH is 1.